The number of imidazole rings is 1. The predicted molar refractivity (Wildman–Crippen MR) is 86.9 cm³/mol. The van der Waals surface area contributed by atoms with Crippen molar-refractivity contribution in [2.45, 2.75) is 19.4 Å². The number of halogens is 2. The number of aromatic nitrogens is 4. The van der Waals surface area contributed by atoms with E-state index in [4.69, 9.17) is 5.11 Å². The maximum absolute atomic E-state index is 12.9. The zero-order chi connectivity index (χ0) is 17.8. The molecule has 1 aromatic carbocycles. The number of hydrogen-bond donors (Lipinski definition) is 2. The fraction of sp³-hybridized carbons (Fsp3) is 0.250. The monoisotopic (exact) mass is 347 g/mol. The highest BCUT2D eigenvalue weighted by Crippen LogP contribution is 2.18. The van der Waals surface area contributed by atoms with E-state index in [0.29, 0.717) is 35.6 Å². The minimum atomic E-state index is -2.47. The van der Waals surface area contributed by atoms with E-state index in [0.717, 1.165) is 6.20 Å². The molecule has 0 aliphatic carbocycles. The van der Waals surface area contributed by atoms with Gasteiger partial charge in [0.1, 0.15) is 11.6 Å². The average Bonchev–Trinajstić information content (AvgIpc) is 2.93. The van der Waals surface area contributed by atoms with Crippen molar-refractivity contribution < 1.29 is 18.7 Å². The second-order valence-electron chi connectivity index (χ2n) is 5.29. The Balaban J connectivity index is 1.71. The third kappa shape index (κ3) is 3.87. The Hall–Kier alpha value is -3.10. The van der Waals surface area contributed by atoms with Gasteiger partial charge < -0.3 is 15.0 Å². The van der Waals surface area contributed by atoms with E-state index in [1.807, 2.05) is 6.07 Å². The summed E-state index contributed by atoms with van der Waals surface area (Å²) in [6, 6.07) is 7.14. The number of fused-ring (bicyclic) bond motifs is 1. The lowest BCUT2D eigenvalue weighted by Crippen LogP contribution is -2.14. The number of nitrogens with one attached hydrogen (secondary N) is 1. The van der Waals surface area contributed by atoms with Crippen LogP contribution in [-0.2, 0) is 13.0 Å². The number of benzene rings is 1. The first kappa shape index (κ1) is 16.7. The van der Waals surface area contributed by atoms with Crippen LogP contribution in [0.5, 0.6) is 0 Å². The zero-order valence-corrected chi connectivity index (χ0v) is 13.1. The first-order valence-corrected chi connectivity index (χ1v) is 7.56. The van der Waals surface area contributed by atoms with Gasteiger partial charge in [0.25, 0.3) is 6.43 Å². The van der Waals surface area contributed by atoms with Gasteiger partial charge in [0, 0.05) is 13.0 Å². The second kappa shape index (κ2) is 7.20. The molecule has 0 fully saturated rings. The Morgan fingerprint density at radius 1 is 1.24 bits per heavy atom. The summed E-state index contributed by atoms with van der Waals surface area (Å²) in [5.41, 5.74) is 1.19. The number of anilines is 1. The van der Waals surface area contributed by atoms with E-state index in [-0.39, 0.29) is 5.69 Å². The molecule has 2 heterocycles. The van der Waals surface area contributed by atoms with Crippen LogP contribution in [0.1, 0.15) is 16.3 Å². The highest BCUT2D eigenvalue weighted by atomic mass is 19.3. The highest BCUT2D eigenvalue weighted by Gasteiger charge is 2.14. The molecule has 0 aliphatic heterocycles. The molecule has 0 unspecified atom stereocenters. The molecule has 0 spiro atoms. The zero-order valence-electron chi connectivity index (χ0n) is 13.1. The van der Waals surface area contributed by atoms with E-state index in [1.54, 1.807) is 18.2 Å². The van der Waals surface area contributed by atoms with Crippen molar-refractivity contribution in [3.05, 3.63) is 48.2 Å². The minimum Gasteiger partial charge on any atom is -0.476 e. The molecule has 130 valence electrons. The predicted octanol–water partition coefficient (Wildman–Crippen LogP) is 2.44. The van der Waals surface area contributed by atoms with Crippen molar-refractivity contribution in [1.82, 2.24) is 19.5 Å². The summed E-state index contributed by atoms with van der Waals surface area (Å²) in [6.45, 7) is -0.0172. The van der Waals surface area contributed by atoms with Crippen LogP contribution < -0.4 is 5.32 Å². The molecule has 7 nitrogen and oxygen atoms in total. The fourth-order valence-electron chi connectivity index (χ4n) is 2.49. The van der Waals surface area contributed by atoms with E-state index in [1.165, 1.54) is 10.8 Å². The number of carboxylic acids is 1. The third-order valence-corrected chi connectivity index (χ3v) is 3.58. The number of nitrogens with zero attached hydrogens (tertiary/aromatic N) is 4. The summed E-state index contributed by atoms with van der Waals surface area (Å²) < 4.78 is 27.2. The van der Waals surface area contributed by atoms with Gasteiger partial charge >= 0.3 is 5.97 Å². The number of rotatable bonds is 7. The Labute approximate surface area is 141 Å². The maximum atomic E-state index is 12.9. The van der Waals surface area contributed by atoms with Gasteiger partial charge in [0.2, 0.25) is 0 Å². The van der Waals surface area contributed by atoms with Crippen molar-refractivity contribution in [3.8, 4) is 0 Å². The van der Waals surface area contributed by atoms with Crippen molar-refractivity contribution in [2.75, 3.05) is 11.9 Å². The van der Waals surface area contributed by atoms with Gasteiger partial charge in [-0.2, -0.15) is 0 Å². The van der Waals surface area contributed by atoms with Crippen LogP contribution in [0.3, 0.4) is 0 Å². The summed E-state index contributed by atoms with van der Waals surface area (Å²) >= 11 is 0. The Bertz CT molecular complexity index is 880. The molecule has 0 amide bonds. The normalized spacial score (nSPS) is 11.2. The molecule has 3 rings (SSSR count). The first-order chi connectivity index (χ1) is 12.0. The maximum Gasteiger partial charge on any atom is 0.356 e. The number of para-hydroxylation sites is 2. The molecule has 3 aromatic rings. The third-order valence-electron chi connectivity index (χ3n) is 3.58. The van der Waals surface area contributed by atoms with E-state index in [2.05, 4.69) is 20.3 Å². The summed E-state index contributed by atoms with van der Waals surface area (Å²) in [4.78, 5) is 22.8. The van der Waals surface area contributed by atoms with Gasteiger partial charge in [-0.25, -0.2) is 28.5 Å². The number of alkyl halides is 2. The van der Waals surface area contributed by atoms with E-state index in [9.17, 15) is 13.6 Å². The molecule has 9 heteroatoms. The Morgan fingerprint density at radius 3 is 2.72 bits per heavy atom. The molecule has 0 atom stereocenters. The van der Waals surface area contributed by atoms with Gasteiger partial charge in [0.05, 0.1) is 30.0 Å². The smallest absolute Gasteiger partial charge is 0.356 e. The summed E-state index contributed by atoms with van der Waals surface area (Å²) in [7, 11) is 0. The largest absolute Gasteiger partial charge is 0.476 e. The summed E-state index contributed by atoms with van der Waals surface area (Å²) in [5.74, 6) is -0.203. The molecule has 0 radical (unpaired) electrons. The van der Waals surface area contributed by atoms with Crippen LogP contribution in [0.15, 0.2) is 36.7 Å². The van der Waals surface area contributed by atoms with Gasteiger partial charge in [-0.3, -0.25) is 0 Å². The quantitative estimate of drug-likeness (QED) is 0.682. The molecule has 0 saturated carbocycles. The standard InChI is InChI=1S/C16H15F2N5O2/c17-13(18)9-23-12-4-2-1-3-10(12)22-15(23)5-6-19-14-8-20-11(7-21-14)16(24)25/h1-4,7-8,13H,5-6,9H2,(H,19,21)(H,24,25). The first-order valence-electron chi connectivity index (χ1n) is 7.56. The molecule has 2 N–H and O–H groups in total. The number of carboxylic acid groups (broad SMARTS) is 1. The number of hydrogen-bond acceptors (Lipinski definition) is 5. The molecule has 0 saturated heterocycles. The van der Waals surface area contributed by atoms with Crippen molar-refractivity contribution in [3.63, 3.8) is 0 Å². The molecule has 0 aliphatic rings. The molecule has 2 aromatic heterocycles. The van der Waals surface area contributed by atoms with Gasteiger partial charge in [-0.05, 0) is 12.1 Å². The molecular weight excluding hydrogens is 332 g/mol. The van der Waals surface area contributed by atoms with Crippen LogP contribution >= 0.6 is 0 Å². The van der Waals surface area contributed by atoms with Gasteiger partial charge in [0.15, 0.2) is 5.69 Å². The fourth-order valence-corrected chi connectivity index (χ4v) is 2.49. The minimum absolute atomic E-state index is 0.149. The lowest BCUT2D eigenvalue weighted by atomic mass is 10.3. The van der Waals surface area contributed by atoms with Crippen molar-refractivity contribution >= 4 is 22.8 Å². The van der Waals surface area contributed by atoms with Crippen LogP contribution in [0.25, 0.3) is 11.0 Å². The van der Waals surface area contributed by atoms with Crippen LogP contribution in [0.2, 0.25) is 0 Å². The second-order valence-corrected chi connectivity index (χ2v) is 5.29. The van der Waals surface area contributed by atoms with E-state index < -0.39 is 18.9 Å². The Morgan fingerprint density at radius 2 is 2.04 bits per heavy atom. The van der Waals surface area contributed by atoms with Crippen LogP contribution in [0, 0.1) is 0 Å². The average molecular weight is 347 g/mol. The van der Waals surface area contributed by atoms with E-state index >= 15 is 0 Å². The summed E-state index contributed by atoms with van der Waals surface area (Å²) in [5, 5.41) is 11.8. The van der Waals surface area contributed by atoms with Crippen LogP contribution in [-0.4, -0.2) is 43.6 Å². The van der Waals surface area contributed by atoms with Gasteiger partial charge in [-0.15, -0.1) is 0 Å². The summed E-state index contributed by atoms with van der Waals surface area (Å²) in [6.07, 6.45) is 0.394. The van der Waals surface area contributed by atoms with Crippen molar-refractivity contribution in [2.24, 2.45) is 0 Å². The lowest BCUT2D eigenvalue weighted by molar-refractivity contribution is 0.0690. The molecule has 0 bridgehead atoms. The highest BCUT2D eigenvalue weighted by molar-refractivity contribution is 5.84. The molecule has 25 heavy (non-hydrogen) atoms. The Kier molecular flexibility index (Phi) is 4.82. The lowest BCUT2D eigenvalue weighted by Gasteiger charge is -2.09. The number of carbonyl (C=O) groups is 1. The number of aromatic carboxylic acids is 1. The van der Waals surface area contributed by atoms with Crippen LogP contribution in [0.4, 0.5) is 14.6 Å². The van der Waals surface area contributed by atoms with Gasteiger partial charge in [-0.1, -0.05) is 12.1 Å². The molecular formula is C16H15F2N5O2. The van der Waals surface area contributed by atoms with Crippen molar-refractivity contribution in [1.29, 1.82) is 0 Å². The SMILES string of the molecule is O=C(O)c1cnc(NCCc2nc3ccccc3n2CC(F)F)cn1. The topological polar surface area (TPSA) is 92.9 Å².